The van der Waals surface area contributed by atoms with Gasteiger partial charge < -0.3 is 20.4 Å². The molecule has 0 unspecified atom stereocenters. The van der Waals surface area contributed by atoms with E-state index < -0.39 is 6.04 Å². The van der Waals surface area contributed by atoms with Crippen molar-refractivity contribution < 1.29 is 14.0 Å². The monoisotopic (exact) mass is 362 g/mol. The molecule has 2 N–H and O–H groups in total. The van der Waals surface area contributed by atoms with E-state index in [2.05, 4.69) is 15.5 Å². The molecule has 0 saturated carbocycles. The first-order valence-corrected chi connectivity index (χ1v) is 9.24. The Labute approximate surface area is 153 Å². The van der Waals surface area contributed by atoms with Crippen molar-refractivity contribution >= 4 is 17.6 Å². The minimum atomic E-state index is -0.588. The average molecular weight is 362 g/mol. The van der Waals surface area contributed by atoms with Crippen molar-refractivity contribution in [1.82, 2.24) is 15.1 Å². The standard InChI is InChI=1S/C19H27FN4O2/c1-4-12(2)17-18(25)22-16-6-5-14(20)9-13(16)10-24(17)19(26)21-15-7-8-23(3)11-15/h5-6,9,12,15,17H,4,7-8,10-11H2,1-3H3,(H,21,26)(H,22,25)/t12-,15-,17-/m0/s1. The first-order valence-electron chi connectivity index (χ1n) is 9.24. The Hall–Kier alpha value is -2.15. The van der Waals surface area contributed by atoms with Crippen LogP contribution in [0.2, 0.25) is 0 Å². The number of fused-ring (bicyclic) bond motifs is 1. The maximum Gasteiger partial charge on any atom is 0.318 e. The number of urea groups is 1. The van der Waals surface area contributed by atoms with Crippen molar-refractivity contribution in [2.75, 3.05) is 25.5 Å². The molecule has 0 aromatic heterocycles. The molecule has 3 rings (SSSR count). The van der Waals surface area contributed by atoms with Crippen molar-refractivity contribution in [2.45, 2.75) is 45.3 Å². The van der Waals surface area contributed by atoms with Crippen LogP contribution in [0.1, 0.15) is 32.3 Å². The van der Waals surface area contributed by atoms with Gasteiger partial charge in [-0.15, -0.1) is 0 Å². The van der Waals surface area contributed by atoms with Crippen LogP contribution in [0.3, 0.4) is 0 Å². The summed E-state index contributed by atoms with van der Waals surface area (Å²) in [5, 5.41) is 5.92. The van der Waals surface area contributed by atoms with Crippen molar-refractivity contribution in [3.63, 3.8) is 0 Å². The Kier molecular flexibility index (Phi) is 5.46. The first-order chi connectivity index (χ1) is 12.4. The fraction of sp³-hybridized carbons (Fsp3) is 0.579. The summed E-state index contributed by atoms with van der Waals surface area (Å²) in [6.45, 7) is 5.90. The number of likely N-dealkylation sites (tertiary alicyclic amines) is 1. The lowest BCUT2D eigenvalue weighted by Crippen LogP contribution is -2.54. The third-order valence-corrected chi connectivity index (χ3v) is 5.43. The maximum absolute atomic E-state index is 13.7. The van der Waals surface area contributed by atoms with E-state index in [0.29, 0.717) is 11.3 Å². The van der Waals surface area contributed by atoms with Crippen LogP contribution >= 0.6 is 0 Å². The molecule has 3 atom stereocenters. The summed E-state index contributed by atoms with van der Waals surface area (Å²) >= 11 is 0. The molecule has 0 radical (unpaired) electrons. The zero-order valence-electron chi connectivity index (χ0n) is 15.6. The summed E-state index contributed by atoms with van der Waals surface area (Å²) in [5.74, 6) is -0.604. The molecule has 142 valence electrons. The Morgan fingerprint density at radius 2 is 2.23 bits per heavy atom. The number of benzene rings is 1. The number of nitrogens with zero attached hydrogens (tertiary/aromatic N) is 2. The van der Waals surface area contributed by atoms with Gasteiger partial charge in [0.15, 0.2) is 0 Å². The third-order valence-electron chi connectivity index (χ3n) is 5.43. The quantitative estimate of drug-likeness (QED) is 0.868. The number of amides is 3. The lowest BCUT2D eigenvalue weighted by molar-refractivity contribution is -0.121. The summed E-state index contributed by atoms with van der Waals surface area (Å²) in [5.41, 5.74) is 1.18. The molecule has 1 fully saturated rings. The highest BCUT2D eigenvalue weighted by molar-refractivity contribution is 5.98. The molecule has 3 amide bonds. The minimum Gasteiger partial charge on any atom is -0.334 e. The summed E-state index contributed by atoms with van der Waals surface area (Å²) in [7, 11) is 2.02. The van der Waals surface area contributed by atoms with E-state index in [9.17, 15) is 14.0 Å². The van der Waals surface area contributed by atoms with E-state index in [1.165, 1.54) is 12.1 Å². The zero-order chi connectivity index (χ0) is 18.8. The predicted molar refractivity (Wildman–Crippen MR) is 98.2 cm³/mol. The van der Waals surface area contributed by atoms with Gasteiger partial charge in [-0.05, 0) is 49.7 Å². The molecule has 7 heteroatoms. The van der Waals surface area contributed by atoms with E-state index in [1.807, 2.05) is 20.9 Å². The number of carbonyl (C=O) groups excluding carboxylic acids is 2. The number of carbonyl (C=O) groups is 2. The van der Waals surface area contributed by atoms with Crippen LogP contribution in [0.25, 0.3) is 0 Å². The largest absolute Gasteiger partial charge is 0.334 e. The van der Waals surface area contributed by atoms with Crippen molar-refractivity contribution in [2.24, 2.45) is 5.92 Å². The number of hydrogen-bond acceptors (Lipinski definition) is 3. The molecule has 6 nitrogen and oxygen atoms in total. The normalized spacial score (nSPS) is 24.6. The van der Waals surface area contributed by atoms with Gasteiger partial charge in [-0.3, -0.25) is 4.79 Å². The summed E-state index contributed by atoms with van der Waals surface area (Å²) < 4.78 is 13.7. The Balaban J connectivity index is 1.88. The van der Waals surface area contributed by atoms with E-state index in [-0.39, 0.29) is 36.3 Å². The average Bonchev–Trinajstić information content (AvgIpc) is 2.93. The summed E-state index contributed by atoms with van der Waals surface area (Å²) in [4.78, 5) is 29.6. The highest BCUT2D eigenvalue weighted by Gasteiger charge is 2.37. The van der Waals surface area contributed by atoms with Gasteiger partial charge in [-0.25, -0.2) is 9.18 Å². The number of halogens is 1. The fourth-order valence-electron chi connectivity index (χ4n) is 3.74. The molecule has 2 heterocycles. The number of hydrogen-bond donors (Lipinski definition) is 2. The first kappa shape index (κ1) is 18.6. The van der Waals surface area contributed by atoms with Crippen LogP contribution in [0.15, 0.2) is 18.2 Å². The van der Waals surface area contributed by atoms with Crippen LogP contribution < -0.4 is 10.6 Å². The smallest absolute Gasteiger partial charge is 0.318 e. The van der Waals surface area contributed by atoms with Crippen LogP contribution in [-0.4, -0.2) is 54.0 Å². The van der Waals surface area contributed by atoms with Gasteiger partial charge in [-0.1, -0.05) is 20.3 Å². The van der Waals surface area contributed by atoms with Crippen molar-refractivity contribution in [1.29, 1.82) is 0 Å². The van der Waals surface area contributed by atoms with Crippen molar-refractivity contribution in [3.05, 3.63) is 29.6 Å². The highest BCUT2D eigenvalue weighted by Crippen LogP contribution is 2.28. The van der Waals surface area contributed by atoms with Gasteiger partial charge in [0.2, 0.25) is 5.91 Å². The topological polar surface area (TPSA) is 64.7 Å². The van der Waals surface area contributed by atoms with E-state index in [1.54, 1.807) is 11.0 Å². The third kappa shape index (κ3) is 3.82. The second kappa shape index (κ2) is 7.61. The minimum absolute atomic E-state index is 0.00818. The predicted octanol–water partition coefficient (Wildman–Crippen LogP) is 2.41. The second-order valence-corrected chi connectivity index (χ2v) is 7.45. The molecule has 0 aliphatic carbocycles. The number of anilines is 1. The highest BCUT2D eigenvalue weighted by atomic mass is 19.1. The molecular weight excluding hydrogens is 335 g/mol. The van der Waals surface area contributed by atoms with Crippen LogP contribution in [-0.2, 0) is 11.3 Å². The van der Waals surface area contributed by atoms with E-state index in [0.717, 1.165) is 25.9 Å². The molecule has 0 spiro atoms. The summed E-state index contributed by atoms with van der Waals surface area (Å²) in [6.07, 6.45) is 1.65. The molecule has 1 aromatic carbocycles. The van der Waals surface area contributed by atoms with E-state index in [4.69, 9.17) is 0 Å². The molecule has 1 aromatic rings. The molecular formula is C19H27FN4O2. The van der Waals surface area contributed by atoms with E-state index >= 15 is 0 Å². The van der Waals surface area contributed by atoms with Gasteiger partial charge in [0, 0.05) is 18.3 Å². The molecule has 0 bridgehead atoms. The SMILES string of the molecule is CC[C@H](C)[C@H]1C(=O)Nc2ccc(F)cc2CN1C(=O)N[C@H]1CCN(C)C1. The number of nitrogens with one attached hydrogen (secondary N) is 2. The molecule has 1 saturated heterocycles. The van der Waals surface area contributed by atoms with Crippen LogP contribution in [0.4, 0.5) is 14.9 Å². The number of rotatable bonds is 3. The Morgan fingerprint density at radius 1 is 1.46 bits per heavy atom. The Morgan fingerprint density at radius 3 is 2.88 bits per heavy atom. The molecule has 26 heavy (non-hydrogen) atoms. The van der Waals surface area contributed by atoms with Gasteiger partial charge in [-0.2, -0.15) is 0 Å². The van der Waals surface area contributed by atoms with Gasteiger partial charge in [0.25, 0.3) is 0 Å². The van der Waals surface area contributed by atoms with Crippen LogP contribution in [0, 0.1) is 11.7 Å². The lowest BCUT2D eigenvalue weighted by Gasteiger charge is -2.33. The summed E-state index contributed by atoms with van der Waals surface area (Å²) in [6, 6.07) is 3.49. The van der Waals surface area contributed by atoms with Gasteiger partial charge in [0.05, 0.1) is 6.54 Å². The fourth-order valence-corrected chi connectivity index (χ4v) is 3.74. The lowest BCUT2D eigenvalue weighted by atomic mass is 9.97. The molecule has 2 aliphatic heterocycles. The molecule has 2 aliphatic rings. The van der Waals surface area contributed by atoms with Crippen LogP contribution in [0.5, 0.6) is 0 Å². The Bertz CT molecular complexity index is 696. The second-order valence-electron chi connectivity index (χ2n) is 7.45. The number of likely N-dealkylation sites (N-methyl/N-ethyl adjacent to an activating group) is 1. The van der Waals surface area contributed by atoms with Crippen molar-refractivity contribution in [3.8, 4) is 0 Å². The van der Waals surface area contributed by atoms with Gasteiger partial charge in [0.1, 0.15) is 11.9 Å². The van der Waals surface area contributed by atoms with Gasteiger partial charge >= 0.3 is 6.03 Å². The zero-order valence-corrected chi connectivity index (χ0v) is 15.6. The maximum atomic E-state index is 13.7.